The number of hydrogen-bond acceptors (Lipinski definition) is 5. The number of halogens is 1. The van der Waals surface area contributed by atoms with Crippen molar-refractivity contribution in [2.75, 3.05) is 39.2 Å². The molecule has 0 aromatic heterocycles. The molecule has 0 saturated heterocycles. The highest BCUT2D eigenvalue weighted by molar-refractivity contribution is 14.0. The summed E-state index contributed by atoms with van der Waals surface area (Å²) in [5, 5.41) is 6.53. The maximum Gasteiger partial charge on any atom is 0.195 e. The number of nitrogens with one attached hydrogen (secondary N) is 2. The van der Waals surface area contributed by atoms with Crippen LogP contribution in [-0.4, -0.2) is 46.0 Å². The standard InChI is InChI=1S/C21H27N3O4.HI/c1-15(28-18-7-4-6-17(13-18)25-3)14-23-21(22-2)24-16-8-9-19-20(12-16)27-11-5-10-26-19;/h4,6-9,12-13,15H,5,10-11,14H2,1-3H3,(H2,22,23,24);1H. The Bertz CT molecular complexity index is 816. The first-order chi connectivity index (χ1) is 13.7. The second-order valence-corrected chi connectivity index (χ2v) is 6.40. The maximum atomic E-state index is 5.93. The van der Waals surface area contributed by atoms with E-state index in [2.05, 4.69) is 15.6 Å². The van der Waals surface area contributed by atoms with E-state index in [0.717, 1.165) is 35.1 Å². The lowest BCUT2D eigenvalue weighted by atomic mass is 10.2. The van der Waals surface area contributed by atoms with E-state index in [1.165, 1.54) is 0 Å². The summed E-state index contributed by atoms with van der Waals surface area (Å²) < 4.78 is 22.5. The molecular formula is C21H28IN3O4. The van der Waals surface area contributed by atoms with Crippen LogP contribution in [0.4, 0.5) is 5.69 Å². The fourth-order valence-corrected chi connectivity index (χ4v) is 2.75. The summed E-state index contributed by atoms with van der Waals surface area (Å²) in [6.07, 6.45) is 0.820. The highest BCUT2D eigenvalue weighted by Crippen LogP contribution is 2.32. The average molecular weight is 513 g/mol. The van der Waals surface area contributed by atoms with Crippen LogP contribution in [0.1, 0.15) is 13.3 Å². The lowest BCUT2D eigenvalue weighted by Crippen LogP contribution is -2.37. The molecule has 3 rings (SSSR count). The van der Waals surface area contributed by atoms with Gasteiger partial charge in [-0.2, -0.15) is 0 Å². The summed E-state index contributed by atoms with van der Waals surface area (Å²) in [5.41, 5.74) is 0.874. The molecule has 1 aliphatic rings. The third kappa shape index (κ3) is 6.88. The number of aliphatic imine (C=N–C) groups is 1. The van der Waals surface area contributed by atoms with Gasteiger partial charge < -0.3 is 29.6 Å². The fourth-order valence-electron chi connectivity index (χ4n) is 2.75. The van der Waals surface area contributed by atoms with Gasteiger partial charge in [-0.15, -0.1) is 24.0 Å². The number of nitrogens with zero attached hydrogens (tertiary/aromatic N) is 1. The van der Waals surface area contributed by atoms with E-state index in [1.54, 1.807) is 14.2 Å². The summed E-state index contributed by atoms with van der Waals surface area (Å²) in [6, 6.07) is 13.3. The Hall–Kier alpha value is -2.36. The van der Waals surface area contributed by atoms with Crippen molar-refractivity contribution in [2.45, 2.75) is 19.4 Å². The third-order valence-electron chi connectivity index (χ3n) is 4.17. The summed E-state index contributed by atoms with van der Waals surface area (Å²) in [5.74, 6) is 3.69. The summed E-state index contributed by atoms with van der Waals surface area (Å²) in [6.45, 7) is 3.91. The second kappa shape index (κ2) is 11.6. The Morgan fingerprint density at radius 1 is 1.10 bits per heavy atom. The van der Waals surface area contributed by atoms with Crippen LogP contribution in [-0.2, 0) is 0 Å². The van der Waals surface area contributed by atoms with Crippen LogP contribution >= 0.6 is 24.0 Å². The van der Waals surface area contributed by atoms with Crippen molar-refractivity contribution in [1.82, 2.24) is 5.32 Å². The molecule has 0 fully saturated rings. The number of rotatable bonds is 6. The van der Waals surface area contributed by atoms with Crippen LogP contribution in [0, 0.1) is 0 Å². The van der Waals surface area contributed by atoms with Crippen LogP contribution in [0.5, 0.6) is 23.0 Å². The number of fused-ring (bicyclic) bond motifs is 1. The Morgan fingerprint density at radius 3 is 2.62 bits per heavy atom. The molecule has 158 valence electrons. The highest BCUT2D eigenvalue weighted by Gasteiger charge is 2.12. The number of benzene rings is 2. The molecule has 1 aliphatic heterocycles. The van der Waals surface area contributed by atoms with E-state index in [1.807, 2.05) is 49.4 Å². The van der Waals surface area contributed by atoms with Gasteiger partial charge in [-0.05, 0) is 31.2 Å². The van der Waals surface area contributed by atoms with Crippen LogP contribution in [0.2, 0.25) is 0 Å². The number of ether oxygens (including phenoxy) is 4. The molecule has 2 aromatic carbocycles. The van der Waals surface area contributed by atoms with E-state index in [-0.39, 0.29) is 30.1 Å². The van der Waals surface area contributed by atoms with Crippen molar-refractivity contribution in [3.63, 3.8) is 0 Å². The van der Waals surface area contributed by atoms with Crippen LogP contribution in [0.3, 0.4) is 0 Å². The smallest absolute Gasteiger partial charge is 0.195 e. The molecule has 7 nitrogen and oxygen atoms in total. The number of hydrogen-bond donors (Lipinski definition) is 2. The van der Waals surface area contributed by atoms with Crippen molar-refractivity contribution in [3.05, 3.63) is 42.5 Å². The first kappa shape index (κ1) is 22.9. The molecule has 2 aromatic rings. The SMILES string of the molecule is CN=C(NCC(C)Oc1cccc(OC)c1)Nc1ccc2c(c1)OCCCO2.I. The molecule has 1 atom stereocenters. The van der Waals surface area contributed by atoms with Gasteiger partial charge in [0.15, 0.2) is 17.5 Å². The van der Waals surface area contributed by atoms with Gasteiger partial charge in [-0.3, -0.25) is 4.99 Å². The third-order valence-corrected chi connectivity index (χ3v) is 4.17. The van der Waals surface area contributed by atoms with Gasteiger partial charge in [-0.25, -0.2) is 0 Å². The lowest BCUT2D eigenvalue weighted by molar-refractivity contribution is 0.223. The minimum Gasteiger partial charge on any atom is -0.497 e. The molecule has 0 spiro atoms. The first-order valence-electron chi connectivity index (χ1n) is 9.36. The molecular weight excluding hydrogens is 485 g/mol. The largest absolute Gasteiger partial charge is 0.497 e. The van der Waals surface area contributed by atoms with Crippen LogP contribution in [0.15, 0.2) is 47.5 Å². The topological polar surface area (TPSA) is 73.3 Å². The van der Waals surface area contributed by atoms with Gasteiger partial charge in [0.2, 0.25) is 0 Å². The zero-order valence-corrected chi connectivity index (χ0v) is 19.3. The Balaban J connectivity index is 0.00000300. The van der Waals surface area contributed by atoms with Crippen LogP contribution < -0.4 is 29.6 Å². The fraction of sp³-hybridized carbons (Fsp3) is 0.381. The van der Waals surface area contributed by atoms with E-state index >= 15 is 0 Å². The predicted octanol–water partition coefficient (Wildman–Crippen LogP) is 3.93. The first-order valence-corrected chi connectivity index (χ1v) is 9.36. The average Bonchev–Trinajstić information content (AvgIpc) is 2.96. The van der Waals surface area contributed by atoms with Crippen molar-refractivity contribution < 1.29 is 18.9 Å². The zero-order chi connectivity index (χ0) is 19.8. The number of anilines is 1. The van der Waals surface area contributed by atoms with Gasteiger partial charge in [0.05, 0.1) is 26.9 Å². The molecule has 0 aliphatic carbocycles. The van der Waals surface area contributed by atoms with Gasteiger partial charge in [-0.1, -0.05) is 6.07 Å². The number of methoxy groups -OCH3 is 1. The van der Waals surface area contributed by atoms with Crippen LogP contribution in [0.25, 0.3) is 0 Å². The van der Waals surface area contributed by atoms with E-state index in [9.17, 15) is 0 Å². The summed E-state index contributed by atoms with van der Waals surface area (Å²) in [7, 11) is 3.37. The molecule has 8 heteroatoms. The van der Waals surface area contributed by atoms with Crippen molar-refractivity contribution in [1.29, 1.82) is 0 Å². The molecule has 0 radical (unpaired) electrons. The summed E-state index contributed by atoms with van der Waals surface area (Å²) in [4.78, 5) is 4.27. The highest BCUT2D eigenvalue weighted by atomic mass is 127. The molecule has 29 heavy (non-hydrogen) atoms. The zero-order valence-electron chi connectivity index (χ0n) is 16.9. The Labute approximate surface area is 188 Å². The van der Waals surface area contributed by atoms with E-state index < -0.39 is 0 Å². The van der Waals surface area contributed by atoms with Crippen molar-refractivity contribution >= 4 is 35.6 Å². The molecule has 1 unspecified atom stereocenters. The van der Waals surface area contributed by atoms with Gasteiger partial charge >= 0.3 is 0 Å². The normalized spacial score (nSPS) is 14.1. The van der Waals surface area contributed by atoms with E-state index in [0.29, 0.717) is 25.7 Å². The minimum atomic E-state index is -0.0607. The second-order valence-electron chi connectivity index (χ2n) is 6.40. The Kier molecular flexibility index (Phi) is 9.17. The minimum absolute atomic E-state index is 0. The van der Waals surface area contributed by atoms with Crippen molar-refractivity contribution in [3.8, 4) is 23.0 Å². The predicted molar refractivity (Wildman–Crippen MR) is 126 cm³/mol. The molecule has 0 amide bonds. The van der Waals surface area contributed by atoms with Gasteiger partial charge in [0.25, 0.3) is 0 Å². The number of guanidine groups is 1. The quantitative estimate of drug-likeness (QED) is 0.347. The van der Waals surface area contributed by atoms with Gasteiger partial charge in [0, 0.05) is 31.3 Å². The molecule has 0 saturated carbocycles. The maximum absolute atomic E-state index is 5.93. The van der Waals surface area contributed by atoms with E-state index in [4.69, 9.17) is 18.9 Å². The van der Waals surface area contributed by atoms with Gasteiger partial charge in [0.1, 0.15) is 17.6 Å². The summed E-state index contributed by atoms with van der Waals surface area (Å²) >= 11 is 0. The monoisotopic (exact) mass is 513 g/mol. The lowest BCUT2D eigenvalue weighted by Gasteiger charge is -2.18. The Morgan fingerprint density at radius 2 is 1.86 bits per heavy atom. The molecule has 1 heterocycles. The molecule has 2 N–H and O–H groups in total. The molecule has 0 bridgehead atoms. The van der Waals surface area contributed by atoms with Crippen molar-refractivity contribution in [2.24, 2.45) is 4.99 Å².